The van der Waals surface area contributed by atoms with Crippen LogP contribution in [0.1, 0.15) is 27.7 Å². The molecule has 0 aliphatic heterocycles. The van der Waals surface area contributed by atoms with Crippen LogP contribution in [0.25, 0.3) is 0 Å². The third-order valence-corrected chi connectivity index (χ3v) is 1.26. The molecule has 0 heterocycles. The van der Waals surface area contributed by atoms with E-state index in [0.29, 0.717) is 13.1 Å². The molecule has 0 aromatic heterocycles. The van der Waals surface area contributed by atoms with Crippen LogP contribution >= 0.6 is 0 Å². The average molecular weight is 249 g/mol. The fourth-order valence-corrected chi connectivity index (χ4v) is 0.672. The normalized spacial score (nSPS) is 8.06. The quantitative estimate of drug-likeness (QED) is 0.479. The zero-order chi connectivity index (χ0) is 14.1. The molecule has 0 spiro atoms. The van der Waals surface area contributed by atoms with E-state index in [4.69, 9.17) is 5.11 Å². The molecule has 0 aromatic rings. The van der Waals surface area contributed by atoms with Gasteiger partial charge in [-0.05, 0) is 7.05 Å². The molecule has 17 heavy (non-hydrogen) atoms. The maximum absolute atomic E-state index is 10.9. The summed E-state index contributed by atoms with van der Waals surface area (Å²) in [5.41, 5.74) is 0. The van der Waals surface area contributed by atoms with Gasteiger partial charge in [0.25, 0.3) is 0 Å². The molecule has 0 rings (SSSR count). The van der Waals surface area contributed by atoms with Crippen LogP contribution in [0.2, 0.25) is 0 Å². The third-order valence-electron chi connectivity index (χ3n) is 1.26. The monoisotopic (exact) mass is 249 g/mol. The molecule has 1 amide bonds. The second kappa shape index (κ2) is 20.3. The first-order valence-corrected chi connectivity index (χ1v) is 6.00. The zero-order valence-corrected chi connectivity index (χ0v) is 11.6. The summed E-state index contributed by atoms with van der Waals surface area (Å²) in [5, 5.41) is 16.2. The number of nitrogens with one attached hydrogen (secondary N) is 3. The van der Waals surface area contributed by atoms with Crippen molar-refractivity contribution in [2.24, 2.45) is 0 Å². The molecule has 6 nitrogen and oxygen atoms in total. The first-order chi connectivity index (χ1) is 8.16. The Balaban J connectivity index is -0.000000439. The van der Waals surface area contributed by atoms with E-state index in [1.807, 2.05) is 27.7 Å². The Morgan fingerprint density at radius 2 is 1.53 bits per heavy atom. The van der Waals surface area contributed by atoms with Crippen molar-refractivity contribution in [3.8, 4) is 0 Å². The number of hydrogen-bond donors (Lipinski definition) is 4. The molecule has 0 unspecified atom stereocenters. The van der Waals surface area contributed by atoms with Gasteiger partial charge in [-0.2, -0.15) is 0 Å². The standard InChI is InChI=1S/C7H15N3O3.2C2H6/c1-8-2-3-10-6(11)4-9-5-7(12)13;2*1-2/h8-9H,2-5H2,1H3,(H,10,11)(H,12,13);2*1-2H3. The van der Waals surface area contributed by atoms with Crippen LogP contribution in [-0.2, 0) is 9.59 Å². The van der Waals surface area contributed by atoms with Crippen LogP contribution in [0.5, 0.6) is 0 Å². The predicted molar refractivity (Wildman–Crippen MR) is 70.1 cm³/mol. The third kappa shape index (κ3) is 25.3. The van der Waals surface area contributed by atoms with Gasteiger partial charge >= 0.3 is 5.97 Å². The number of amides is 1. The molecule has 0 bridgehead atoms. The fourth-order valence-electron chi connectivity index (χ4n) is 0.672. The van der Waals surface area contributed by atoms with Crippen LogP contribution in [-0.4, -0.2) is 50.2 Å². The number of carboxylic acids is 1. The number of carbonyl (C=O) groups is 2. The Kier molecular flexibility index (Phi) is 25.3. The molecule has 0 fully saturated rings. The van der Waals surface area contributed by atoms with Crippen molar-refractivity contribution < 1.29 is 14.7 Å². The van der Waals surface area contributed by atoms with Gasteiger partial charge in [0, 0.05) is 13.1 Å². The van der Waals surface area contributed by atoms with E-state index in [1.165, 1.54) is 0 Å². The lowest BCUT2D eigenvalue weighted by Gasteiger charge is -2.04. The Labute approximate surface area is 104 Å². The molecule has 0 saturated heterocycles. The minimum absolute atomic E-state index is 0.0377. The minimum atomic E-state index is -0.969. The van der Waals surface area contributed by atoms with Crippen molar-refractivity contribution in [1.82, 2.24) is 16.0 Å². The summed E-state index contributed by atoms with van der Waals surface area (Å²) in [6.07, 6.45) is 0. The molecule has 4 N–H and O–H groups in total. The summed E-state index contributed by atoms with van der Waals surface area (Å²) >= 11 is 0. The molecule has 0 atom stereocenters. The van der Waals surface area contributed by atoms with Crippen molar-refractivity contribution >= 4 is 11.9 Å². The van der Waals surface area contributed by atoms with Gasteiger partial charge in [-0.3, -0.25) is 14.9 Å². The Morgan fingerprint density at radius 1 is 1.00 bits per heavy atom. The van der Waals surface area contributed by atoms with Crippen molar-refractivity contribution in [3.05, 3.63) is 0 Å². The van der Waals surface area contributed by atoms with Gasteiger partial charge in [-0.15, -0.1) is 0 Å². The van der Waals surface area contributed by atoms with Crippen molar-refractivity contribution in [3.63, 3.8) is 0 Å². The van der Waals surface area contributed by atoms with Crippen LogP contribution in [0.4, 0.5) is 0 Å². The fraction of sp³-hybridized carbons (Fsp3) is 0.818. The lowest BCUT2D eigenvalue weighted by atomic mass is 10.5. The summed E-state index contributed by atoms with van der Waals surface area (Å²) in [4.78, 5) is 20.9. The SMILES string of the molecule is CC.CC.CNCCNC(=O)CNCC(=O)O. The van der Waals surface area contributed by atoms with Gasteiger partial charge < -0.3 is 15.7 Å². The molecule has 0 aromatic carbocycles. The van der Waals surface area contributed by atoms with Crippen LogP contribution < -0.4 is 16.0 Å². The van der Waals surface area contributed by atoms with Crippen molar-refractivity contribution in [2.75, 3.05) is 33.2 Å². The Hall–Kier alpha value is -1.14. The largest absolute Gasteiger partial charge is 0.480 e. The molecule has 0 aliphatic carbocycles. The molecular formula is C11H27N3O3. The van der Waals surface area contributed by atoms with E-state index in [1.54, 1.807) is 7.05 Å². The molecule has 0 radical (unpaired) electrons. The number of hydrogen-bond acceptors (Lipinski definition) is 4. The second-order valence-electron chi connectivity index (χ2n) is 2.45. The second-order valence-corrected chi connectivity index (χ2v) is 2.45. The van der Waals surface area contributed by atoms with Crippen molar-refractivity contribution in [1.29, 1.82) is 0 Å². The summed E-state index contributed by atoms with van der Waals surface area (Å²) in [5.74, 6) is -1.17. The maximum atomic E-state index is 10.9. The van der Waals surface area contributed by atoms with Gasteiger partial charge in [-0.25, -0.2) is 0 Å². The highest BCUT2D eigenvalue weighted by atomic mass is 16.4. The molecule has 6 heteroatoms. The number of aliphatic carboxylic acids is 1. The smallest absolute Gasteiger partial charge is 0.317 e. The van der Waals surface area contributed by atoms with Crippen LogP contribution in [0.3, 0.4) is 0 Å². The molecular weight excluding hydrogens is 222 g/mol. The Morgan fingerprint density at radius 3 is 1.94 bits per heavy atom. The topological polar surface area (TPSA) is 90.5 Å². The van der Waals surface area contributed by atoms with Crippen LogP contribution in [0.15, 0.2) is 0 Å². The van der Waals surface area contributed by atoms with E-state index in [2.05, 4.69) is 16.0 Å². The summed E-state index contributed by atoms with van der Waals surface area (Å²) in [6.45, 7) is 9.09. The van der Waals surface area contributed by atoms with Gasteiger partial charge in [0.05, 0.1) is 13.1 Å². The number of likely N-dealkylation sites (N-methyl/N-ethyl adjacent to an activating group) is 1. The van der Waals surface area contributed by atoms with E-state index >= 15 is 0 Å². The van der Waals surface area contributed by atoms with Gasteiger partial charge in [0.15, 0.2) is 0 Å². The van der Waals surface area contributed by atoms with Crippen LogP contribution in [0, 0.1) is 0 Å². The van der Waals surface area contributed by atoms with E-state index in [9.17, 15) is 9.59 Å². The highest BCUT2D eigenvalue weighted by Crippen LogP contribution is 1.65. The first kappa shape index (κ1) is 21.2. The minimum Gasteiger partial charge on any atom is -0.480 e. The Bertz CT molecular complexity index is 175. The predicted octanol–water partition coefficient (Wildman–Crippen LogP) is 0.0486. The lowest BCUT2D eigenvalue weighted by molar-refractivity contribution is -0.136. The zero-order valence-electron chi connectivity index (χ0n) is 11.6. The van der Waals surface area contributed by atoms with E-state index in [0.717, 1.165) is 0 Å². The lowest BCUT2D eigenvalue weighted by Crippen LogP contribution is -2.38. The first-order valence-electron chi connectivity index (χ1n) is 6.00. The summed E-state index contributed by atoms with van der Waals surface area (Å²) in [7, 11) is 1.79. The summed E-state index contributed by atoms with van der Waals surface area (Å²) in [6, 6.07) is 0. The molecule has 0 saturated carbocycles. The number of carbonyl (C=O) groups excluding carboxylic acids is 1. The highest BCUT2D eigenvalue weighted by molar-refractivity contribution is 5.78. The summed E-state index contributed by atoms with van der Waals surface area (Å²) < 4.78 is 0. The van der Waals surface area contributed by atoms with Gasteiger partial charge in [-0.1, -0.05) is 27.7 Å². The van der Waals surface area contributed by atoms with E-state index < -0.39 is 5.97 Å². The molecule has 104 valence electrons. The van der Waals surface area contributed by atoms with E-state index in [-0.39, 0.29) is 19.0 Å². The highest BCUT2D eigenvalue weighted by Gasteiger charge is 2.00. The van der Waals surface area contributed by atoms with Gasteiger partial charge in [0.2, 0.25) is 5.91 Å². The van der Waals surface area contributed by atoms with Gasteiger partial charge in [0.1, 0.15) is 0 Å². The number of rotatable bonds is 7. The molecule has 0 aliphatic rings. The van der Waals surface area contributed by atoms with Crippen molar-refractivity contribution in [2.45, 2.75) is 27.7 Å². The number of carboxylic acid groups (broad SMARTS) is 1. The maximum Gasteiger partial charge on any atom is 0.317 e. The average Bonchev–Trinajstić information content (AvgIpc) is 2.34.